The van der Waals surface area contributed by atoms with E-state index >= 15 is 0 Å². The van der Waals surface area contributed by atoms with Gasteiger partial charge in [-0.1, -0.05) is 12.1 Å². The summed E-state index contributed by atoms with van der Waals surface area (Å²) in [6.45, 7) is 5.43. The third kappa shape index (κ3) is 4.64. The van der Waals surface area contributed by atoms with Gasteiger partial charge in [0.15, 0.2) is 0 Å². The van der Waals surface area contributed by atoms with Crippen LogP contribution in [0.15, 0.2) is 48.8 Å². The summed E-state index contributed by atoms with van der Waals surface area (Å²) in [5.74, 6) is 0.651. The minimum atomic E-state index is -0.879. The zero-order chi connectivity index (χ0) is 21.8. The molecule has 2 aromatic rings. The lowest BCUT2D eigenvalue weighted by Crippen LogP contribution is -2.52. The van der Waals surface area contributed by atoms with Crippen molar-refractivity contribution < 1.29 is 14.3 Å². The molecule has 0 radical (unpaired) electrons. The molecule has 0 bridgehead atoms. The third-order valence-corrected chi connectivity index (χ3v) is 6.16. The lowest BCUT2D eigenvalue weighted by atomic mass is 9.93. The Morgan fingerprint density at radius 1 is 1.03 bits per heavy atom. The van der Waals surface area contributed by atoms with Gasteiger partial charge in [0.05, 0.1) is 13.8 Å². The van der Waals surface area contributed by atoms with E-state index in [2.05, 4.69) is 20.1 Å². The number of piperazine rings is 1. The van der Waals surface area contributed by atoms with E-state index in [1.165, 1.54) is 4.90 Å². The van der Waals surface area contributed by atoms with E-state index in [0.717, 1.165) is 43.2 Å². The molecule has 8 heteroatoms. The Kier molecular flexibility index (Phi) is 6.08. The fourth-order valence-corrected chi connectivity index (χ4v) is 4.13. The van der Waals surface area contributed by atoms with Crippen molar-refractivity contribution in [2.45, 2.75) is 25.3 Å². The number of imide groups is 1. The minimum absolute atomic E-state index is 0.150. The smallest absolute Gasteiger partial charge is 0.326 e. The van der Waals surface area contributed by atoms with Crippen molar-refractivity contribution in [1.29, 1.82) is 0 Å². The molecule has 3 amide bonds. The molecule has 1 N–H and O–H groups in total. The lowest BCUT2D eigenvalue weighted by molar-refractivity contribution is -0.132. The van der Waals surface area contributed by atoms with Crippen molar-refractivity contribution in [3.8, 4) is 5.75 Å². The fraction of sp³-hybridized carbons (Fsp3) is 0.435. The van der Waals surface area contributed by atoms with Crippen molar-refractivity contribution in [2.24, 2.45) is 0 Å². The van der Waals surface area contributed by atoms with Crippen LogP contribution in [0, 0.1) is 0 Å². The van der Waals surface area contributed by atoms with Crippen LogP contribution in [-0.2, 0) is 11.2 Å². The van der Waals surface area contributed by atoms with E-state index < -0.39 is 5.54 Å². The minimum Gasteiger partial charge on any atom is -0.497 e. The number of rotatable bonds is 7. The number of aryl methyl sites for hydroxylation is 1. The maximum absolute atomic E-state index is 13.1. The number of urea groups is 1. The highest BCUT2D eigenvalue weighted by atomic mass is 16.5. The van der Waals surface area contributed by atoms with Gasteiger partial charge in [-0.2, -0.15) is 0 Å². The van der Waals surface area contributed by atoms with E-state index in [1.807, 2.05) is 43.3 Å². The van der Waals surface area contributed by atoms with Gasteiger partial charge in [-0.3, -0.25) is 14.7 Å². The second kappa shape index (κ2) is 8.93. The van der Waals surface area contributed by atoms with Crippen molar-refractivity contribution in [2.75, 3.05) is 44.9 Å². The van der Waals surface area contributed by atoms with Crippen LogP contribution in [0.1, 0.15) is 18.9 Å². The number of anilines is 1. The normalized spacial score (nSPS) is 22.0. The van der Waals surface area contributed by atoms with Crippen LogP contribution in [0.4, 0.5) is 10.5 Å². The SMILES string of the molecule is COc1ccc(CC[C@@]2(C)NC(=O)N(CN3CCN(c4ccncc4)CC3)C2=O)cc1. The van der Waals surface area contributed by atoms with E-state index in [9.17, 15) is 9.59 Å². The van der Waals surface area contributed by atoms with Crippen molar-refractivity contribution in [3.05, 3.63) is 54.4 Å². The number of hydrogen-bond acceptors (Lipinski definition) is 6. The van der Waals surface area contributed by atoms with Gasteiger partial charge in [0.1, 0.15) is 11.3 Å². The van der Waals surface area contributed by atoms with Crippen LogP contribution < -0.4 is 15.0 Å². The van der Waals surface area contributed by atoms with Gasteiger partial charge in [0.25, 0.3) is 5.91 Å². The summed E-state index contributed by atoms with van der Waals surface area (Å²) in [5.41, 5.74) is 1.38. The fourth-order valence-electron chi connectivity index (χ4n) is 4.13. The number of nitrogens with one attached hydrogen (secondary N) is 1. The number of methoxy groups -OCH3 is 1. The number of carbonyl (C=O) groups is 2. The Labute approximate surface area is 182 Å². The average molecular weight is 424 g/mol. The first-order valence-corrected chi connectivity index (χ1v) is 10.6. The molecule has 0 unspecified atom stereocenters. The summed E-state index contributed by atoms with van der Waals surface area (Å²) in [6, 6.07) is 11.5. The molecule has 3 heterocycles. The third-order valence-electron chi connectivity index (χ3n) is 6.16. The number of hydrogen-bond donors (Lipinski definition) is 1. The molecular formula is C23H29N5O3. The second-order valence-electron chi connectivity index (χ2n) is 8.30. The van der Waals surface area contributed by atoms with Gasteiger partial charge in [0, 0.05) is 44.3 Å². The van der Waals surface area contributed by atoms with E-state index in [-0.39, 0.29) is 11.9 Å². The summed E-state index contributed by atoms with van der Waals surface area (Å²) in [6.07, 6.45) is 4.84. The van der Waals surface area contributed by atoms with Gasteiger partial charge < -0.3 is 15.0 Å². The predicted molar refractivity (Wildman–Crippen MR) is 118 cm³/mol. The standard InChI is InChI=1S/C23H29N5O3/c1-23(10-7-18-3-5-20(31-2)6-4-18)21(29)28(22(30)25-23)17-26-13-15-27(16-14-26)19-8-11-24-12-9-19/h3-6,8-9,11-12H,7,10,13-17H2,1-2H3,(H,25,30)/t23-/m1/s1. The maximum Gasteiger partial charge on any atom is 0.326 e. The van der Waals surface area contributed by atoms with Gasteiger partial charge in [0.2, 0.25) is 0 Å². The number of aromatic nitrogens is 1. The number of ether oxygens (including phenoxy) is 1. The number of pyridine rings is 1. The quantitative estimate of drug-likeness (QED) is 0.688. The Balaban J connectivity index is 1.31. The van der Waals surface area contributed by atoms with Gasteiger partial charge in [-0.15, -0.1) is 0 Å². The Bertz CT molecular complexity index is 913. The summed E-state index contributed by atoms with van der Waals surface area (Å²) < 4.78 is 5.19. The Morgan fingerprint density at radius 2 is 1.71 bits per heavy atom. The number of carbonyl (C=O) groups excluding carboxylic acids is 2. The molecule has 31 heavy (non-hydrogen) atoms. The summed E-state index contributed by atoms with van der Waals surface area (Å²) in [7, 11) is 1.64. The van der Waals surface area contributed by atoms with Crippen LogP contribution in [0.3, 0.4) is 0 Å². The summed E-state index contributed by atoms with van der Waals surface area (Å²) in [4.78, 5) is 35.6. The predicted octanol–water partition coefficient (Wildman–Crippen LogP) is 2.11. The molecule has 164 valence electrons. The highest BCUT2D eigenvalue weighted by Crippen LogP contribution is 2.25. The average Bonchev–Trinajstić information content (AvgIpc) is 3.02. The molecule has 1 aromatic carbocycles. The van der Waals surface area contributed by atoms with E-state index in [4.69, 9.17) is 4.74 Å². The number of nitrogens with zero attached hydrogens (tertiary/aromatic N) is 4. The molecule has 2 aliphatic rings. The Morgan fingerprint density at radius 3 is 2.35 bits per heavy atom. The molecule has 2 aliphatic heterocycles. The molecule has 1 atom stereocenters. The van der Waals surface area contributed by atoms with Crippen LogP contribution >= 0.6 is 0 Å². The van der Waals surface area contributed by atoms with Gasteiger partial charge in [-0.25, -0.2) is 9.69 Å². The molecule has 1 aromatic heterocycles. The molecule has 0 saturated carbocycles. The highest BCUT2D eigenvalue weighted by molar-refractivity contribution is 6.06. The number of amides is 3. The molecule has 0 spiro atoms. The van der Waals surface area contributed by atoms with Crippen LogP contribution in [-0.4, -0.2) is 72.2 Å². The topological polar surface area (TPSA) is 78.0 Å². The first-order chi connectivity index (χ1) is 15.0. The van der Waals surface area contributed by atoms with Crippen molar-refractivity contribution in [1.82, 2.24) is 20.1 Å². The zero-order valence-corrected chi connectivity index (χ0v) is 18.1. The van der Waals surface area contributed by atoms with Gasteiger partial charge >= 0.3 is 6.03 Å². The zero-order valence-electron chi connectivity index (χ0n) is 18.1. The number of benzene rings is 1. The molecular weight excluding hydrogens is 394 g/mol. The van der Waals surface area contributed by atoms with Crippen molar-refractivity contribution in [3.63, 3.8) is 0 Å². The van der Waals surface area contributed by atoms with E-state index in [1.54, 1.807) is 19.5 Å². The maximum atomic E-state index is 13.1. The van der Waals surface area contributed by atoms with Crippen LogP contribution in [0.2, 0.25) is 0 Å². The van der Waals surface area contributed by atoms with E-state index in [0.29, 0.717) is 19.5 Å². The summed E-state index contributed by atoms with van der Waals surface area (Å²) >= 11 is 0. The second-order valence-corrected chi connectivity index (χ2v) is 8.30. The van der Waals surface area contributed by atoms with Gasteiger partial charge in [-0.05, 0) is 49.6 Å². The lowest BCUT2D eigenvalue weighted by Gasteiger charge is -2.37. The van der Waals surface area contributed by atoms with Crippen molar-refractivity contribution >= 4 is 17.6 Å². The first-order valence-electron chi connectivity index (χ1n) is 10.6. The molecule has 8 nitrogen and oxygen atoms in total. The summed E-state index contributed by atoms with van der Waals surface area (Å²) in [5, 5.41) is 2.92. The van der Waals surface area contributed by atoms with Crippen LogP contribution in [0.25, 0.3) is 0 Å². The molecule has 4 rings (SSSR count). The Hall–Kier alpha value is -3.13. The molecule has 0 aliphatic carbocycles. The monoisotopic (exact) mass is 423 g/mol. The largest absolute Gasteiger partial charge is 0.497 e. The highest BCUT2D eigenvalue weighted by Gasteiger charge is 2.47. The van der Waals surface area contributed by atoms with Crippen LogP contribution in [0.5, 0.6) is 5.75 Å². The molecule has 2 fully saturated rings. The molecule has 2 saturated heterocycles. The first kappa shape index (κ1) is 21.1.